The van der Waals surface area contributed by atoms with Gasteiger partial charge in [-0.3, -0.25) is 0 Å². The van der Waals surface area contributed by atoms with Crippen molar-refractivity contribution >= 4 is 5.69 Å². The Hall–Kier alpha value is -1.24. The molecule has 0 amide bonds. The van der Waals surface area contributed by atoms with Crippen LogP contribution >= 0.6 is 0 Å². The average Bonchev–Trinajstić information content (AvgIpc) is 2.19. The van der Waals surface area contributed by atoms with Gasteiger partial charge in [-0.05, 0) is 31.4 Å². The molecular weight excluding hydrogens is 158 g/mol. The van der Waals surface area contributed by atoms with Crippen LogP contribution in [0.15, 0.2) is 43.0 Å². The molecule has 1 aromatic carbocycles. The van der Waals surface area contributed by atoms with Crippen molar-refractivity contribution in [3.8, 4) is 0 Å². The fourth-order valence-electron chi connectivity index (χ4n) is 1.20. The molecule has 0 fully saturated rings. The topological polar surface area (TPSA) is 12.0 Å². The third kappa shape index (κ3) is 4.36. The molecule has 1 rings (SSSR count). The lowest BCUT2D eigenvalue weighted by Crippen LogP contribution is -2.00. The molecule has 1 N–H and O–H groups in total. The first-order valence-electron chi connectivity index (χ1n) is 4.83. The van der Waals surface area contributed by atoms with E-state index in [9.17, 15) is 0 Å². The van der Waals surface area contributed by atoms with Crippen LogP contribution in [-0.4, -0.2) is 6.54 Å². The Kier molecular flexibility index (Phi) is 4.77. The number of allylic oxidation sites excluding steroid dienone is 1. The predicted octanol–water partition coefficient (Wildman–Crippen LogP) is 3.45. The molecule has 1 nitrogen and oxygen atoms in total. The van der Waals surface area contributed by atoms with Crippen LogP contribution in [0.5, 0.6) is 0 Å². The van der Waals surface area contributed by atoms with Gasteiger partial charge in [-0.1, -0.05) is 24.3 Å². The summed E-state index contributed by atoms with van der Waals surface area (Å²) in [6.45, 7) is 4.75. The van der Waals surface area contributed by atoms with Crippen molar-refractivity contribution < 1.29 is 0 Å². The molecule has 1 heteroatoms. The van der Waals surface area contributed by atoms with Crippen molar-refractivity contribution in [1.82, 2.24) is 0 Å². The number of nitrogens with one attached hydrogen (secondary N) is 1. The quantitative estimate of drug-likeness (QED) is 0.515. The van der Waals surface area contributed by atoms with Crippen molar-refractivity contribution in [2.75, 3.05) is 11.9 Å². The van der Waals surface area contributed by atoms with Crippen molar-refractivity contribution in [3.63, 3.8) is 0 Å². The highest BCUT2D eigenvalue weighted by molar-refractivity contribution is 5.42. The number of para-hydroxylation sites is 1. The smallest absolute Gasteiger partial charge is 0.0340 e. The Morgan fingerprint density at radius 1 is 1.15 bits per heavy atom. The SMILES string of the molecule is C=CCCCCNc1ccccc1. The van der Waals surface area contributed by atoms with Crippen LogP contribution in [0, 0.1) is 0 Å². The molecule has 0 saturated carbocycles. The summed E-state index contributed by atoms with van der Waals surface area (Å²) in [6.07, 6.45) is 5.53. The van der Waals surface area contributed by atoms with Crippen LogP contribution in [0.4, 0.5) is 5.69 Å². The first kappa shape index (κ1) is 9.85. The lowest BCUT2D eigenvalue weighted by Gasteiger charge is -2.04. The molecule has 0 radical (unpaired) electrons. The van der Waals surface area contributed by atoms with Gasteiger partial charge in [-0.25, -0.2) is 0 Å². The van der Waals surface area contributed by atoms with E-state index >= 15 is 0 Å². The third-order valence-electron chi connectivity index (χ3n) is 1.94. The molecule has 0 aliphatic heterocycles. The maximum absolute atomic E-state index is 3.70. The Bertz CT molecular complexity index is 228. The largest absolute Gasteiger partial charge is 0.385 e. The van der Waals surface area contributed by atoms with Crippen molar-refractivity contribution in [1.29, 1.82) is 0 Å². The molecule has 0 saturated heterocycles. The molecule has 0 bridgehead atoms. The number of anilines is 1. The molecule has 1 aromatic rings. The molecule has 13 heavy (non-hydrogen) atoms. The van der Waals surface area contributed by atoms with E-state index in [-0.39, 0.29) is 0 Å². The summed E-state index contributed by atoms with van der Waals surface area (Å²) in [4.78, 5) is 0. The zero-order valence-electron chi connectivity index (χ0n) is 8.00. The monoisotopic (exact) mass is 175 g/mol. The highest BCUT2D eigenvalue weighted by atomic mass is 14.9. The molecule has 0 aliphatic rings. The van der Waals surface area contributed by atoms with Gasteiger partial charge in [0, 0.05) is 12.2 Å². The van der Waals surface area contributed by atoms with Crippen LogP contribution in [0.1, 0.15) is 19.3 Å². The molecular formula is C12H17N. The fourth-order valence-corrected chi connectivity index (χ4v) is 1.20. The van der Waals surface area contributed by atoms with Crippen molar-refractivity contribution in [2.45, 2.75) is 19.3 Å². The first-order valence-corrected chi connectivity index (χ1v) is 4.83. The summed E-state index contributed by atoms with van der Waals surface area (Å²) in [5, 5.41) is 3.37. The lowest BCUT2D eigenvalue weighted by molar-refractivity contribution is 0.780. The van der Waals surface area contributed by atoms with Gasteiger partial charge >= 0.3 is 0 Å². The predicted molar refractivity (Wildman–Crippen MR) is 59.0 cm³/mol. The number of rotatable bonds is 6. The van der Waals surface area contributed by atoms with Crippen LogP contribution in [0.25, 0.3) is 0 Å². The van der Waals surface area contributed by atoms with E-state index in [0.29, 0.717) is 0 Å². The highest BCUT2D eigenvalue weighted by Gasteiger charge is 1.88. The third-order valence-corrected chi connectivity index (χ3v) is 1.94. The van der Waals surface area contributed by atoms with Crippen LogP contribution in [-0.2, 0) is 0 Å². The molecule has 0 heterocycles. The molecule has 0 aromatic heterocycles. The fraction of sp³-hybridized carbons (Fsp3) is 0.333. The van der Waals surface area contributed by atoms with Gasteiger partial charge in [-0.2, -0.15) is 0 Å². The molecule has 0 spiro atoms. The summed E-state index contributed by atoms with van der Waals surface area (Å²) in [5.41, 5.74) is 1.21. The molecule has 70 valence electrons. The Balaban J connectivity index is 2.10. The zero-order chi connectivity index (χ0) is 9.36. The van der Waals surface area contributed by atoms with E-state index in [1.54, 1.807) is 0 Å². The van der Waals surface area contributed by atoms with Gasteiger partial charge in [-0.15, -0.1) is 6.58 Å². The van der Waals surface area contributed by atoms with E-state index in [2.05, 4.69) is 24.0 Å². The number of hydrogen-bond acceptors (Lipinski definition) is 1. The minimum absolute atomic E-state index is 1.05. The summed E-state index contributed by atoms with van der Waals surface area (Å²) < 4.78 is 0. The van der Waals surface area contributed by atoms with Gasteiger partial charge < -0.3 is 5.32 Å². The minimum Gasteiger partial charge on any atom is -0.385 e. The van der Waals surface area contributed by atoms with Crippen LogP contribution < -0.4 is 5.32 Å². The summed E-state index contributed by atoms with van der Waals surface area (Å²) in [7, 11) is 0. The van der Waals surface area contributed by atoms with E-state index < -0.39 is 0 Å². The van der Waals surface area contributed by atoms with E-state index in [0.717, 1.165) is 13.0 Å². The number of unbranched alkanes of at least 4 members (excludes halogenated alkanes) is 2. The van der Waals surface area contributed by atoms with Crippen molar-refractivity contribution in [3.05, 3.63) is 43.0 Å². The molecule has 0 atom stereocenters. The summed E-state index contributed by atoms with van der Waals surface area (Å²) >= 11 is 0. The number of benzene rings is 1. The van der Waals surface area contributed by atoms with E-state index in [4.69, 9.17) is 0 Å². The van der Waals surface area contributed by atoms with E-state index in [1.807, 2.05) is 24.3 Å². The standard InChI is InChI=1S/C12H17N/c1-2-3-4-8-11-13-12-9-6-5-7-10-12/h2,5-7,9-10,13H,1,3-4,8,11H2. The second-order valence-electron chi connectivity index (χ2n) is 3.08. The minimum atomic E-state index is 1.05. The maximum Gasteiger partial charge on any atom is 0.0340 e. The van der Waals surface area contributed by atoms with Gasteiger partial charge in [0.15, 0.2) is 0 Å². The molecule has 0 unspecified atom stereocenters. The Labute approximate surface area is 80.5 Å². The van der Waals surface area contributed by atoms with Gasteiger partial charge in [0.25, 0.3) is 0 Å². The Morgan fingerprint density at radius 3 is 2.62 bits per heavy atom. The average molecular weight is 175 g/mol. The highest BCUT2D eigenvalue weighted by Crippen LogP contribution is 2.05. The second-order valence-corrected chi connectivity index (χ2v) is 3.08. The summed E-state index contributed by atoms with van der Waals surface area (Å²) in [5.74, 6) is 0. The van der Waals surface area contributed by atoms with Gasteiger partial charge in [0.05, 0.1) is 0 Å². The Morgan fingerprint density at radius 2 is 1.92 bits per heavy atom. The number of hydrogen-bond donors (Lipinski definition) is 1. The second kappa shape index (κ2) is 6.30. The van der Waals surface area contributed by atoms with Crippen LogP contribution in [0.3, 0.4) is 0 Å². The van der Waals surface area contributed by atoms with Crippen LogP contribution in [0.2, 0.25) is 0 Å². The zero-order valence-corrected chi connectivity index (χ0v) is 8.00. The first-order chi connectivity index (χ1) is 6.43. The van der Waals surface area contributed by atoms with E-state index in [1.165, 1.54) is 18.5 Å². The van der Waals surface area contributed by atoms with Gasteiger partial charge in [0.2, 0.25) is 0 Å². The molecule has 0 aliphatic carbocycles. The van der Waals surface area contributed by atoms with Gasteiger partial charge in [0.1, 0.15) is 0 Å². The normalized spacial score (nSPS) is 9.54. The lowest BCUT2D eigenvalue weighted by atomic mass is 10.2. The van der Waals surface area contributed by atoms with Crippen molar-refractivity contribution in [2.24, 2.45) is 0 Å². The summed E-state index contributed by atoms with van der Waals surface area (Å²) in [6, 6.07) is 10.3. The maximum atomic E-state index is 3.70.